The van der Waals surface area contributed by atoms with Crippen LogP contribution in [0.15, 0.2) is 61.1 Å². The van der Waals surface area contributed by atoms with Crippen LogP contribution in [0.5, 0.6) is 0 Å². The average Bonchev–Trinajstić information content (AvgIpc) is 3.19. The molecule has 0 spiro atoms. The van der Waals surface area contributed by atoms with Crippen LogP contribution in [0.2, 0.25) is 0 Å². The summed E-state index contributed by atoms with van der Waals surface area (Å²) in [5, 5.41) is 3.04. The van der Waals surface area contributed by atoms with Gasteiger partial charge in [-0.05, 0) is 30.3 Å². The van der Waals surface area contributed by atoms with E-state index >= 15 is 0 Å². The third kappa shape index (κ3) is 2.69. The molecule has 1 atom stereocenters. The van der Waals surface area contributed by atoms with E-state index in [1.54, 1.807) is 24.0 Å². The summed E-state index contributed by atoms with van der Waals surface area (Å²) < 4.78 is 15.4. The molecule has 120 valence electrons. The zero-order valence-corrected chi connectivity index (χ0v) is 13.5. The van der Waals surface area contributed by atoms with E-state index in [9.17, 15) is 9.18 Å². The van der Waals surface area contributed by atoms with Crippen LogP contribution in [-0.2, 0) is 5.75 Å². The first-order chi connectivity index (χ1) is 11.7. The molecular weight excluding hydrogens is 325 g/mol. The highest BCUT2D eigenvalue weighted by Crippen LogP contribution is 2.43. The van der Waals surface area contributed by atoms with Crippen molar-refractivity contribution in [2.75, 3.05) is 5.32 Å². The first-order valence-electron chi connectivity index (χ1n) is 7.50. The number of carbonyl (C=O) groups excluding carboxylic acids is 1. The quantitative estimate of drug-likeness (QED) is 0.782. The maximum atomic E-state index is 13.3. The number of amides is 1. The Morgan fingerprint density at radius 1 is 1.29 bits per heavy atom. The van der Waals surface area contributed by atoms with Gasteiger partial charge in [0.15, 0.2) is 0 Å². The number of nitrogens with one attached hydrogen (secondary N) is 1. The number of carbonyl (C=O) groups is 1. The SMILES string of the molecule is O=C(Nc1ccn2c1CSC2c1cccnc1)c1cccc(F)c1. The number of hydrogen-bond donors (Lipinski definition) is 1. The van der Waals surface area contributed by atoms with E-state index in [0.29, 0.717) is 5.56 Å². The molecule has 0 saturated carbocycles. The third-order valence-corrected chi connectivity index (χ3v) is 5.21. The number of fused-ring (bicyclic) bond motifs is 1. The number of aromatic nitrogens is 2. The van der Waals surface area contributed by atoms with Crippen LogP contribution >= 0.6 is 11.8 Å². The molecule has 0 fully saturated rings. The van der Waals surface area contributed by atoms with Gasteiger partial charge in [-0.1, -0.05) is 12.1 Å². The number of benzene rings is 1. The smallest absolute Gasteiger partial charge is 0.255 e. The van der Waals surface area contributed by atoms with Crippen molar-refractivity contribution >= 4 is 23.4 Å². The predicted octanol–water partition coefficient (Wildman–Crippen LogP) is 4.07. The van der Waals surface area contributed by atoms with Crippen molar-refractivity contribution < 1.29 is 9.18 Å². The number of pyridine rings is 1. The van der Waals surface area contributed by atoms with Crippen LogP contribution in [0, 0.1) is 5.82 Å². The van der Waals surface area contributed by atoms with Crippen molar-refractivity contribution in [1.29, 1.82) is 0 Å². The second-order valence-corrected chi connectivity index (χ2v) is 6.57. The molecule has 1 aliphatic rings. The van der Waals surface area contributed by atoms with Gasteiger partial charge >= 0.3 is 0 Å². The molecule has 6 heteroatoms. The highest BCUT2D eigenvalue weighted by atomic mass is 32.2. The van der Waals surface area contributed by atoms with Gasteiger partial charge in [-0.25, -0.2) is 4.39 Å². The Hall–Kier alpha value is -2.60. The van der Waals surface area contributed by atoms with Gasteiger partial charge < -0.3 is 9.88 Å². The zero-order chi connectivity index (χ0) is 16.5. The molecule has 3 heterocycles. The summed E-state index contributed by atoms with van der Waals surface area (Å²) in [6, 6.07) is 11.5. The first-order valence-corrected chi connectivity index (χ1v) is 8.55. The fourth-order valence-corrected chi connectivity index (χ4v) is 4.12. The van der Waals surface area contributed by atoms with Crippen molar-refractivity contribution in [1.82, 2.24) is 9.55 Å². The topological polar surface area (TPSA) is 46.9 Å². The molecule has 24 heavy (non-hydrogen) atoms. The van der Waals surface area contributed by atoms with Crippen molar-refractivity contribution in [3.8, 4) is 0 Å². The van der Waals surface area contributed by atoms with E-state index in [2.05, 4.69) is 14.9 Å². The van der Waals surface area contributed by atoms with E-state index < -0.39 is 5.82 Å². The van der Waals surface area contributed by atoms with E-state index in [1.165, 1.54) is 18.2 Å². The molecule has 1 N–H and O–H groups in total. The average molecular weight is 339 g/mol. The summed E-state index contributed by atoms with van der Waals surface area (Å²) in [5.41, 5.74) is 3.26. The molecule has 4 nitrogen and oxygen atoms in total. The molecule has 1 aromatic carbocycles. The fraction of sp³-hybridized carbons (Fsp3) is 0.111. The lowest BCUT2D eigenvalue weighted by molar-refractivity contribution is 0.102. The van der Waals surface area contributed by atoms with Crippen LogP contribution < -0.4 is 5.32 Å². The Morgan fingerprint density at radius 3 is 3.00 bits per heavy atom. The Labute approximate surface area is 142 Å². The minimum Gasteiger partial charge on any atom is -0.332 e. The lowest BCUT2D eigenvalue weighted by Gasteiger charge is -2.12. The number of nitrogens with zero attached hydrogens (tertiary/aromatic N) is 2. The van der Waals surface area contributed by atoms with Gasteiger partial charge in [0.1, 0.15) is 11.2 Å². The van der Waals surface area contributed by atoms with Crippen molar-refractivity contribution in [3.05, 3.63) is 83.7 Å². The Balaban J connectivity index is 1.58. The molecule has 0 bridgehead atoms. The summed E-state index contributed by atoms with van der Waals surface area (Å²) in [5.74, 6) is 0.0704. The standard InChI is InChI=1S/C18H14FN3OS/c19-14-5-1-3-12(9-14)17(23)21-15-6-8-22-16(15)11-24-18(22)13-4-2-7-20-10-13/h1-10,18H,11H2,(H,21,23). The van der Waals surface area contributed by atoms with Gasteiger partial charge in [-0.15, -0.1) is 11.8 Å². The monoisotopic (exact) mass is 339 g/mol. The lowest BCUT2D eigenvalue weighted by Crippen LogP contribution is -2.13. The summed E-state index contributed by atoms with van der Waals surface area (Å²) in [6.45, 7) is 0. The number of hydrogen-bond acceptors (Lipinski definition) is 3. The van der Waals surface area contributed by atoms with Crippen molar-refractivity contribution in [2.24, 2.45) is 0 Å². The maximum Gasteiger partial charge on any atom is 0.255 e. The van der Waals surface area contributed by atoms with Crippen LogP contribution in [0.3, 0.4) is 0 Å². The number of halogens is 1. The summed E-state index contributed by atoms with van der Waals surface area (Å²) in [4.78, 5) is 16.5. The Bertz CT molecular complexity index is 894. The number of thioether (sulfide) groups is 1. The molecule has 2 aromatic heterocycles. The van der Waals surface area contributed by atoms with E-state index in [0.717, 1.165) is 22.7 Å². The Morgan fingerprint density at radius 2 is 2.21 bits per heavy atom. The second kappa shape index (κ2) is 6.13. The molecule has 0 aliphatic carbocycles. The van der Waals surface area contributed by atoms with Gasteiger partial charge in [0, 0.05) is 35.5 Å². The van der Waals surface area contributed by atoms with E-state index in [4.69, 9.17) is 0 Å². The fourth-order valence-electron chi connectivity index (χ4n) is 2.81. The molecule has 0 saturated heterocycles. The van der Waals surface area contributed by atoms with E-state index in [-0.39, 0.29) is 11.3 Å². The van der Waals surface area contributed by atoms with Gasteiger partial charge in [0.25, 0.3) is 5.91 Å². The van der Waals surface area contributed by atoms with E-state index in [1.807, 2.05) is 30.6 Å². The van der Waals surface area contributed by atoms with Crippen molar-refractivity contribution in [3.63, 3.8) is 0 Å². The minimum atomic E-state index is -0.419. The highest BCUT2D eigenvalue weighted by molar-refractivity contribution is 7.99. The van der Waals surface area contributed by atoms with Gasteiger partial charge in [-0.3, -0.25) is 9.78 Å². The molecular formula is C18H14FN3OS. The second-order valence-electron chi connectivity index (χ2n) is 5.50. The van der Waals surface area contributed by atoms with Gasteiger partial charge in [0.2, 0.25) is 0 Å². The zero-order valence-electron chi connectivity index (χ0n) is 12.6. The molecule has 1 unspecified atom stereocenters. The third-order valence-electron chi connectivity index (χ3n) is 3.96. The normalized spacial score (nSPS) is 16.0. The van der Waals surface area contributed by atoms with Crippen LogP contribution in [0.1, 0.15) is 27.0 Å². The Kier molecular flexibility index (Phi) is 3.82. The van der Waals surface area contributed by atoms with Crippen LogP contribution in [0.4, 0.5) is 10.1 Å². The minimum absolute atomic E-state index is 0.161. The van der Waals surface area contributed by atoms with Crippen LogP contribution in [-0.4, -0.2) is 15.5 Å². The maximum absolute atomic E-state index is 13.3. The lowest BCUT2D eigenvalue weighted by atomic mass is 10.2. The van der Waals surface area contributed by atoms with Gasteiger partial charge in [-0.2, -0.15) is 0 Å². The van der Waals surface area contributed by atoms with Crippen LogP contribution in [0.25, 0.3) is 0 Å². The predicted molar refractivity (Wildman–Crippen MR) is 92.5 cm³/mol. The molecule has 4 rings (SSSR count). The van der Waals surface area contributed by atoms with Gasteiger partial charge in [0.05, 0.1) is 11.4 Å². The summed E-state index contributed by atoms with van der Waals surface area (Å²) in [6.07, 6.45) is 5.58. The molecule has 1 amide bonds. The highest BCUT2D eigenvalue weighted by Gasteiger charge is 2.27. The molecule has 0 radical (unpaired) electrons. The molecule has 3 aromatic rings. The largest absolute Gasteiger partial charge is 0.332 e. The number of anilines is 1. The van der Waals surface area contributed by atoms with Crippen molar-refractivity contribution in [2.45, 2.75) is 11.1 Å². The summed E-state index contributed by atoms with van der Waals surface area (Å²) >= 11 is 1.78. The number of rotatable bonds is 3. The first kappa shape index (κ1) is 15.0. The molecule has 1 aliphatic heterocycles. The summed E-state index contributed by atoms with van der Waals surface area (Å²) in [7, 11) is 0.